The Hall–Kier alpha value is -1.07. The van der Waals surface area contributed by atoms with Crippen molar-refractivity contribution in [2.45, 2.75) is 32.4 Å². The summed E-state index contributed by atoms with van der Waals surface area (Å²) < 4.78 is 23.4. The fourth-order valence-electron chi connectivity index (χ4n) is 2.77. The van der Waals surface area contributed by atoms with Crippen LogP contribution in [0, 0.1) is 0 Å². The van der Waals surface area contributed by atoms with E-state index in [1.54, 1.807) is 0 Å². The van der Waals surface area contributed by atoms with E-state index in [0.29, 0.717) is 5.75 Å². The zero-order chi connectivity index (χ0) is 14.1. The van der Waals surface area contributed by atoms with Crippen LogP contribution in [0.3, 0.4) is 0 Å². The fraction of sp³-hybridized carbons (Fsp3) is 0.571. The Morgan fingerprint density at radius 3 is 2.42 bits per heavy atom. The summed E-state index contributed by atoms with van der Waals surface area (Å²) in [5, 5.41) is 0. The SMILES string of the molecule is CCN(Cc1ccc(N)cc1)[C@]1(C)CCS(=O)(=O)C1. The standard InChI is InChI=1S/C14H22N2O2S/c1-3-16(10-12-4-6-13(15)7-5-12)14(2)8-9-19(17,18)11-14/h4-7H,3,8-11,15H2,1-2H3/t14-/m1/s1. The Bertz CT molecular complexity index is 539. The quantitative estimate of drug-likeness (QED) is 0.853. The number of rotatable bonds is 4. The lowest BCUT2D eigenvalue weighted by Gasteiger charge is -2.37. The van der Waals surface area contributed by atoms with Crippen molar-refractivity contribution in [1.82, 2.24) is 4.90 Å². The highest BCUT2D eigenvalue weighted by Gasteiger charge is 2.42. The van der Waals surface area contributed by atoms with Crippen LogP contribution in [-0.2, 0) is 16.4 Å². The van der Waals surface area contributed by atoms with Crippen molar-refractivity contribution in [3.63, 3.8) is 0 Å². The van der Waals surface area contributed by atoms with Crippen molar-refractivity contribution in [2.24, 2.45) is 0 Å². The minimum absolute atomic E-state index is 0.241. The molecular weight excluding hydrogens is 260 g/mol. The van der Waals surface area contributed by atoms with E-state index in [4.69, 9.17) is 5.73 Å². The molecule has 106 valence electrons. The predicted octanol–water partition coefficient (Wildman–Crippen LogP) is 1.67. The molecule has 0 spiro atoms. The molecular formula is C14H22N2O2S. The van der Waals surface area contributed by atoms with Crippen molar-refractivity contribution in [3.05, 3.63) is 29.8 Å². The van der Waals surface area contributed by atoms with Gasteiger partial charge >= 0.3 is 0 Å². The summed E-state index contributed by atoms with van der Waals surface area (Å²) in [6.07, 6.45) is 0.720. The summed E-state index contributed by atoms with van der Waals surface area (Å²) in [7, 11) is -2.87. The van der Waals surface area contributed by atoms with Crippen LogP contribution >= 0.6 is 0 Å². The van der Waals surface area contributed by atoms with Gasteiger partial charge in [0.2, 0.25) is 0 Å². The van der Waals surface area contributed by atoms with Gasteiger partial charge in [-0.15, -0.1) is 0 Å². The fourth-order valence-corrected chi connectivity index (χ4v) is 4.94. The first-order valence-corrected chi connectivity index (χ1v) is 8.47. The molecule has 1 saturated heterocycles. The maximum absolute atomic E-state index is 11.7. The first kappa shape index (κ1) is 14.3. The molecule has 5 heteroatoms. The molecule has 1 aliphatic rings. The summed E-state index contributed by atoms with van der Waals surface area (Å²) in [5.74, 6) is 0.574. The second-order valence-electron chi connectivity index (χ2n) is 5.59. The maximum atomic E-state index is 11.7. The van der Waals surface area contributed by atoms with Gasteiger partial charge in [-0.1, -0.05) is 19.1 Å². The molecule has 0 saturated carbocycles. The molecule has 1 fully saturated rings. The van der Waals surface area contributed by atoms with E-state index in [-0.39, 0.29) is 11.3 Å². The summed E-state index contributed by atoms with van der Waals surface area (Å²) in [6, 6.07) is 7.78. The highest BCUT2D eigenvalue weighted by molar-refractivity contribution is 7.91. The average molecular weight is 282 g/mol. The third kappa shape index (κ3) is 3.28. The van der Waals surface area contributed by atoms with E-state index in [2.05, 4.69) is 18.7 Å². The molecule has 0 unspecified atom stereocenters. The van der Waals surface area contributed by atoms with E-state index in [9.17, 15) is 8.42 Å². The largest absolute Gasteiger partial charge is 0.399 e. The number of hydrogen-bond donors (Lipinski definition) is 1. The number of sulfone groups is 1. The van der Waals surface area contributed by atoms with Crippen LogP contribution in [0.5, 0.6) is 0 Å². The Balaban J connectivity index is 2.14. The second-order valence-corrected chi connectivity index (χ2v) is 7.78. The first-order chi connectivity index (χ1) is 8.85. The molecule has 0 aliphatic carbocycles. The smallest absolute Gasteiger partial charge is 0.152 e. The normalized spacial score (nSPS) is 25.8. The maximum Gasteiger partial charge on any atom is 0.152 e. The zero-order valence-corrected chi connectivity index (χ0v) is 12.4. The molecule has 4 nitrogen and oxygen atoms in total. The average Bonchev–Trinajstić information content (AvgIpc) is 2.63. The van der Waals surface area contributed by atoms with Crippen LogP contribution < -0.4 is 5.73 Å². The molecule has 1 atom stereocenters. The summed E-state index contributed by atoms with van der Waals surface area (Å²) in [4.78, 5) is 2.25. The molecule has 1 aliphatic heterocycles. The van der Waals surface area contributed by atoms with Gasteiger partial charge in [-0.2, -0.15) is 0 Å². The second kappa shape index (κ2) is 5.13. The summed E-state index contributed by atoms with van der Waals surface area (Å²) >= 11 is 0. The van der Waals surface area contributed by atoms with E-state index < -0.39 is 9.84 Å². The van der Waals surface area contributed by atoms with Gasteiger partial charge in [-0.05, 0) is 37.6 Å². The van der Waals surface area contributed by atoms with Crippen LogP contribution in [0.2, 0.25) is 0 Å². The van der Waals surface area contributed by atoms with Gasteiger partial charge in [0.15, 0.2) is 9.84 Å². The monoisotopic (exact) mass is 282 g/mol. The third-order valence-corrected chi connectivity index (χ3v) is 5.87. The van der Waals surface area contributed by atoms with Crippen LogP contribution in [-0.4, -0.2) is 36.9 Å². The van der Waals surface area contributed by atoms with E-state index >= 15 is 0 Å². The third-order valence-electron chi connectivity index (χ3n) is 3.98. The predicted molar refractivity (Wildman–Crippen MR) is 78.6 cm³/mol. The van der Waals surface area contributed by atoms with Crippen LogP contribution in [0.1, 0.15) is 25.8 Å². The highest BCUT2D eigenvalue weighted by Crippen LogP contribution is 2.30. The van der Waals surface area contributed by atoms with Crippen molar-refractivity contribution in [2.75, 3.05) is 23.8 Å². The van der Waals surface area contributed by atoms with Crippen LogP contribution in [0.15, 0.2) is 24.3 Å². The van der Waals surface area contributed by atoms with Gasteiger partial charge in [0.25, 0.3) is 0 Å². The van der Waals surface area contributed by atoms with Gasteiger partial charge in [0.1, 0.15) is 0 Å². The lowest BCUT2D eigenvalue weighted by Crippen LogP contribution is -2.46. The van der Waals surface area contributed by atoms with Gasteiger partial charge < -0.3 is 5.73 Å². The van der Waals surface area contributed by atoms with Crippen LogP contribution in [0.4, 0.5) is 5.69 Å². The lowest BCUT2D eigenvalue weighted by atomic mass is 9.98. The number of nitrogens with two attached hydrogens (primary N) is 1. The number of anilines is 1. The van der Waals surface area contributed by atoms with Gasteiger partial charge in [0, 0.05) is 17.8 Å². The highest BCUT2D eigenvalue weighted by atomic mass is 32.2. The number of benzene rings is 1. The molecule has 0 bridgehead atoms. The molecule has 19 heavy (non-hydrogen) atoms. The van der Waals surface area contributed by atoms with E-state index in [1.165, 1.54) is 5.56 Å². The molecule has 1 aromatic rings. The number of nitrogen functional groups attached to an aromatic ring is 1. The van der Waals surface area contributed by atoms with Gasteiger partial charge in [-0.25, -0.2) is 8.42 Å². The topological polar surface area (TPSA) is 63.4 Å². The number of nitrogens with zero attached hydrogens (tertiary/aromatic N) is 1. The molecule has 2 rings (SSSR count). The van der Waals surface area contributed by atoms with Gasteiger partial charge in [0.05, 0.1) is 11.5 Å². The molecule has 0 aromatic heterocycles. The zero-order valence-electron chi connectivity index (χ0n) is 11.6. The van der Waals surface area contributed by atoms with Crippen LogP contribution in [0.25, 0.3) is 0 Å². The van der Waals surface area contributed by atoms with Crippen molar-refractivity contribution in [3.8, 4) is 0 Å². The Labute approximate surface area is 115 Å². The Kier molecular flexibility index (Phi) is 3.87. The van der Waals surface area contributed by atoms with Crippen molar-refractivity contribution < 1.29 is 8.42 Å². The molecule has 1 aromatic carbocycles. The van der Waals surface area contributed by atoms with Gasteiger partial charge in [-0.3, -0.25) is 4.90 Å². The van der Waals surface area contributed by atoms with Crippen molar-refractivity contribution in [1.29, 1.82) is 0 Å². The Morgan fingerprint density at radius 1 is 1.32 bits per heavy atom. The summed E-state index contributed by atoms with van der Waals surface area (Å²) in [5.41, 5.74) is 7.36. The Morgan fingerprint density at radius 2 is 1.95 bits per heavy atom. The first-order valence-electron chi connectivity index (χ1n) is 6.64. The number of hydrogen-bond acceptors (Lipinski definition) is 4. The molecule has 2 N–H and O–H groups in total. The lowest BCUT2D eigenvalue weighted by molar-refractivity contribution is 0.125. The molecule has 0 amide bonds. The van der Waals surface area contributed by atoms with E-state index in [1.807, 2.05) is 24.3 Å². The molecule has 1 heterocycles. The minimum Gasteiger partial charge on any atom is -0.399 e. The minimum atomic E-state index is -2.87. The summed E-state index contributed by atoms with van der Waals surface area (Å²) in [6.45, 7) is 5.74. The van der Waals surface area contributed by atoms with E-state index in [0.717, 1.165) is 25.2 Å². The van der Waals surface area contributed by atoms with Crippen molar-refractivity contribution >= 4 is 15.5 Å². The molecule has 0 radical (unpaired) electrons.